The van der Waals surface area contributed by atoms with Crippen molar-refractivity contribution in [2.45, 2.75) is 46.3 Å². The fourth-order valence-electron chi connectivity index (χ4n) is 1.53. The van der Waals surface area contributed by atoms with E-state index in [4.69, 9.17) is 9.47 Å². The number of nitrogens with zero attached hydrogens (tertiary/aromatic N) is 1. The third kappa shape index (κ3) is 7.65. The molecule has 7 heteroatoms. The van der Waals surface area contributed by atoms with Gasteiger partial charge in [0, 0.05) is 7.05 Å². The van der Waals surface area contributed by atoms with Gasteiger partial charge in [0.05, 0.1) is 0 Å². The molecule has 0 aliphatic carbocycles. The van der Waals surface area contributed by atoms with Gasteiger partial charge in [-0.05, 0) is 33.7 Å². The van der Waals surface area contributed by atoms with Crippen LogP contribution in [0.5, 0.6) is 0 Å². The second-order valence-corrected chi connectivity index (χ2v) is 6.14. The monoisotopic (exact) mass is 302 g/mol. The van der Waals surface area contributed by atoms with Crippen LogP contribution in [-0.2, 0) is 19.1 Å². The summed E-state index contributed by atoms with van der Waals surface area (Å²) in [6.45, 7) is 8.48. The number of hydrogen-bond donors (Lipinski definition) is 1. The summed E-state index contributed by atoms with van der Waals surface area (Å²) in [7, 11) is 3.01. The number of carbonyl (C=O) groups is 3. The predicted octanol–water partition coefficient (Wildman–Crippen LogP) is 1.17. The Morgan fingerprint density at radius 1 is 1.19 bits per heavy atom. The van der Waals surface area contributed by atoms with Crippen LogP contribution in [0.3, 0.4) is 0 Å². The maximum absolute atomic E-state index is 11.8. The van der Waals surface area contributed by atoms with Crippen LogP contribution in [-0.4, -0.2) is 55.2 Å². The molecule has 0 unspecified atom stereocenters. The number of hydrogen-bond acceptors (Lipinski definition) is 6. The molecule has 0 aliphatic rings. The molecule has 0 spiro atoms. The number of rotatable bonds is 5. The highest BCUT2D eigenvalue weighted by Crippen LogP contribution is 2.09. The summed E-state index contributed by atoms with van der Waals surface area (Å²) in [4.78, 5) is 36.2. The van der Waals surface area contributed by atoms with Crippen LogP contribution in [0.4, 0.5) is 4.79 Å². The van der Waals surface area contributed by atoms with E-state index in [1.807, 2.05) is 13.8 Å². The summed E-state index contributed by atoms with van der Waals surface area (Å²) in [5.74, 6) is -1.47. The maximum Gasteiger partial charge on any atom is 0.410 e. The summed E-state index contributed by atoms with van der Waals surface area (Å²) < 4.78 is 9.82. The van der Waals surface area contributed by atoms with E-state index >= 15 is 0 Å². The molecule has 1 N–H and O–H groups in total. The Morgan fingerprint density at radius 2 is 1.71 bits per heavy atom. The maximum atomic E-state index is 11.8. The van der Waals surface area contributed by atoms with Gasteiger partial charge in [0.15, 0.2) is 0 Å². The first-order valence-electron chi connectivity index (χ1n) is 6.83. The van der Waals surface area contributed by atoms with Gasteiger partial charge in [-0.1, -0.05) is 13.8 Å². The number of likely N-dealkylation sites (N-methyl/N-ethyl adjacent to an activating group) is 2. The van der Waals surface area contributed by atoms with Crippen LogP contribution in [0.1, 0.15) is 34.6 Å². The standard InChI is InChI=1S/C14H26N2O5/c1-9(2)11(15-6)12(18)20-10(17)8-16(7)13(19)21-14(3,4)5/h9,11,15H,8H2,1-7H3/t11-/m0/s1. The van der Waals surface area contributed by atoms with E-state index in [0.29, 0.717) is 0 Å². The first-order valence-corrected chi connectivity index (χ1v) is 6.83. The van der Waals surface area contributed by atoms with Gasteiger partial charge in [-0.2, -0.15) is 0 Å². The smallest absolute Gasteiger partial charge is 0.410 e. The van der Waals surface area contributed by atoms with Gasteiger partial charge in [0.25, 0.3) is 0 Å². The van der Waals surface area contributed by atoms with Crippen molar-refractivity contribution >= 4 is 18.0 Å². The van der Waals surface area contributed by atoms with Crippen LogP contribution in [0.25, 0.3) is 0 Å². The zero-order valence-electron chi connectivity index (χ0n) is 13.9. The van der Waals surface area contributed by atoms with E-state index < -0.39 is 29.7 Å². The van der Waals surface area contributed by atoms with Gasteiger partial charge >= 0.3 is 18.0 Å². The average Bonchev–Trinajstić information content (AvgIpc) is 2.26. The normalized spacial score (nSPS) is 12.8. The van der Waals surface area contributed by atoms with E-state index in [-0.39, 0.29) is 12.5 Å². The molecule has 0 rings (SSSR count). The highest BCUT2D eigenvalue weighted by atomic mass is 16.6. The first-order chi connectivity index (χ1) is 9.47. The predicted molar refractivity (Wildman–Crippen MR) is 77.6 cm³/mol. The van der Waals surface area contributed by atoms with Crippen LogP contribution in [0, 0.1) is 5.92 Å². The fourth-order valence-corrected chi connectivity index (χ4v) is 1.53. The molecule has 0 aromatic rings. The summed E-state index contributed by atoms with van der Waals surface area (Å²) in [6.07, 6.45) is -0.652. The molecule has 0 aliphatic heterocycles. The lowest BCUT2D eigenvalue weighted by molar-refractivity contribution is -0.162. The summed E-state index contributed by atoms with van der Waals surface area (Å²) >= 11 is 0. The lowest BCUT2D eigenvalue weighted by atomic mass is 10.1. The lowest BCUT2D eigenvalue weighted by Gasteiger charge is -2.24. The molecule has 21 heavy (non-hydrogen) atoms. The SMILES string of the molecule is CN[C@H](C(=O)OC(=O)CN(C)C(=O)OC(C)(C)C)C(C)C. The van der Waals surface area contributed by atoms with Gasteiger partial charge in [-0.25, -0.2) is 14.4 Å². The number of carbonyl (C=O) groups excluding carboxylic acids is 3. The lowest BCUT2D eigenvalue weighted by Crippen LogP contribution is -2.43. The third-order valence-corrected chi connectivity index (χ3v) is 2.52. The Kier molecular flexibility index (Phi) is 7.35. The van der Waals surface area contributed by atoms with Crippen molar-refractivity contribution in [3.8, 4) is 0 Å². The molecule has 0 saturated carbocycles. The minimum Gasteiger partial charge on any atom is -0.444 e. The fraction of sp³-hybridized carbons (Fsp3) is 0.786. The molecule has 0 aromatic heterocycles. The summed E-state index contributed by atoms with van der Waals surface area (Å²) in [5, 5.41) is 2.78. The van der Waals surface area contributed by atoms with E-state index in [0.717, 1.165) is 4.90 Å². The Bertz CT molecular complexity index is 387. The van der Waals surface area contributed by atoms with E-state index in [1.54, 1.807) is 27.8 Å². The first kappa shape index (κ1) is 19.4. The largest absolute Gasteiger partial charge is 0.444 e. The van der Waals surface area contributed by atoms with Crippen molar-refractivity contribution in [2.75, 3.05) is 20.6 Å². The van der Waals surface area contributed by atoms with Crippen molar-refractivity contribution in [1.29, 1.82) is 0 Å². The van der Waals surface area contributed by atoms with Crippen molar-refractivity contribution in [1.82, 2.24) is 10.2 Å². The Labute approximate surface area is 126 Å². The minimum absolute atomic E-state index is 0.0149. The molecule has 1 amide bonds. The van der Waals surface area contributed by atoms with Gasteiger partial charge < -0.3 is 19.7 Å². The molecule has 0 fully saturated rings. The average molecular weight is 302 g/mol. The van der Waals surface area contributed by atoms with Gasteiger partial charge in [-0.3, -0.25) is 0 Å². The molecule has 0 saturated heterocycles. The number of nitrogens with one attached hydrogen (secondary N) is 1. The van der Waals surface area contributed by atoms with Crippen molar-refractivity contribution < 1.29 is 23.9 Å². The molecule has 122 valence electrons. The number of esters is 2. The van der Waals surface area contributed by atoms with Crippen molar-refractivity contribution in [3.63, 3.8) is 0 Å². The van der Waals surface area contributed by atoms with E-state index in [1.165, 1.54) is 7.05 Å². The zero-order chi connectivity index (χ0) is 16.8. The molecule has 1 atom stereocenters. The molecular weight excluding hydrogens is 276 g/mol. The number of amides is 1. The van der Waals surface area contributed by atoms with Gasteiger partial charge in [-0.15, -0.1) is 0 Å². The highest BCUT2D eigenvalue weighted by molar-refractivity contribution is 5.90. The molecule has 0 bridgehead atoms. The molecule has 7 nitrogen and oxygen atoms in total. The Hall–Kier alpha value is -1.63. The number of ether oxygens (including phenoxy) is 2. The quantitative estimate of drug-likeness (QED) is 0.606. The second kappa shape index (κ2) is 7.97. The van der Waals surface area contributed by atoms with Crippen LogP contribution >= 0.6 is 0 Å². The van der Waals surface area contributed by atoms with Crippen molar-refractivity contribution in [2.24, 2.45) is 5.92 Å². The summed E-state index contributed by atoms with van der Waals surface area (Å²) in [6, 6.07) is -0.569. The van der Waals surface area contributed by atoms with E-state index in [9.17, 15) is 14.4 Å². The molecular formula is C14H26N2O5. The van der Waals surface area contributed by atoms with Gasteiger partial charge in [0.1, 0.15) is 18.2 Å². The minimum atomic E-state index is -0.797. The molecule has 0 aromatic carbocycles. The van der Waals surface area contributed by atoms with Crippen LogP contribution < -0.4 is 5.32 Å². The Morgan fingerprint density at radius 3 is 2.10 bits per heavy atom. The molecule has 0 radical (unpaired) electrons. The zero-order valence-corrected chi connectivity index (χ0v) is 13.9. The van der Waals surface area contributed by atoms with Crippen LogP contribution in [0.2, 0.25) is 0 Å². The molecule has 0 heterocycles. The van der Waals surface area contributed by atoms with Gasteiger partial charge in [0.2, 0.25) is 0 Å². The van der Waals surface area contributed by atoms with Crippen LogP contribution in [0.15, 0.2) is 0 Å². The second-order valence-electron chi connectivity index (χ2n) is 6.14. The third-order valence-electron chi connectivity index (χ3n) is 2.52. The van der Waals surface area contributed by atoms with Crippen molar-refractivity contribution in [3.05, 3.63) is 0 Å². The Balaban J connectivity index is 4.43. The topological polar surface area (TPSA) is 84.9 Å². The highest BCUT2D eigenvalue weighted by Gasteiger charge is 2.26. The summed E-state index contributed by atoms with van der Waals surface area (Å²) in [5.41, 5.74) is -0.653. The van der Waals surface area contributed by atoms with E-state index in [2.05, 4.69) is 5.32 Å².